The fourth-order valence-electron chi connectivity index (χ4n) is 2.51. The lowest BCUT2D eigenvalue weighted by molar-refractivity contribution is 0.0593. The maximum Gasteiger partial charge on any atom is 0.358 e. The molecule has 2 aromatic heterocycles. The van der Waals surface area contributed by atoms with Crippen LogP contribution in [0, 0.1) is 0 Å². The van der Waals surface area contributed by atoms with Crippen molar-refractivity contribution in [3.63, 3.8) is 0 Å². The molecule has 6 nitrogen and oxygen atoms in total. The highest BCUT2D eigenvalue weighted by Crippen LogP contribution is 2.21. The van der Waals surface area contributed by atoms with Crippen LogP contribution in [0.4, 0.5) is 0 Å². The molecule has 0 unspecified atom stereocenters. The average Bonchev–Trinajstić information content (AvgIpc) is 3.12. The highest BCUT2D eigenvalue weighted by atomic mass is 32.1. The number of aromatic nitrogens is 3. The lowest BCUT2D eigenvalue weighted by Crippen LogP contribution is -2.33. The Balaban J connectivity index is 1.68. The van der Waals surface area contributed by atoms with Gasteiger partial charge >= 0.3 is 5.97 Å². The zero-order chi connectivity index (χ0) is 15.7. The minimum Gasteiger partial charge on any atom is -0.464 e. The van der Waals surface area contributed by atoms with Crippen LogP contribution in [0.2, 0.25) is 0 Å². The van der Waals surface area contributed by atoms with Crippen LogP contribution >= 0.6 is 11.3 Å². The van der Waals surface area contributed by atoms with Gasteiger partial charge in [-0.15, -0.1) is 11.3 Å². The summed E-state index contributed by atoms with van der Waals surface area (Å²) in [5.41, 5.74) is 2.60. The summed E-state index contributed by atoms with van der Waals surface area (Å²) in [5, 5.41) is 7.58. The SMILES string of the molecule is COC(=O)c1cc2n(n1)CCN(Cc1nc(C(C)C)cs1)C2. The van der Waals surface area contributed by atoms with E-state index in [1.165, 1.54) is 7.11 Å². The minimum atomic E-state index is -0.380. The van der Waals surface area contributed by atoms with Gasteiger partial charge in [0.15, 0.2) is 5.69 Å². The van der Waals surface area contributed by atoms with Gasteiger partial charge < -0.3 is 4.74 Å². The molecule has 0 fully saturated rings. The predicted molar refractivity (Wildman–Crippen MR) is 83.9 cm³/mol. The third kappa shape index (κ3) is 3.05. The smallest absolute Gasteiger partial charge is 0.358 e. The Morgan fingerprint density at radius 3 is 2.95 bits per heavy atom. The van der Waals surface area contributed by atoms with Gasteiger partial charge in [-0.05, 0) is 12.0 Å². The Kier molecular flexibility index (Phi) is 4.26. The number of carbonyl (C=O) groups excluding carboxylic acids is 1. The quantitative estimate of drug-likeness (QED) is 0.809. The van der Waals surface area contributed by atoms with E-state index in [0.717, 1.165) is 42.6 Å². The summed E-state index contributed by atoms with van der Waals surface area (Å²) in [6, 6.07) is 1.82. The molecule has 3 heterocycles. The van der Waals surface area contributed by atoms with Crippen molar-refractivity contribution in [1.82, 2.24) is 19.7 Å². The van der Waals surface area contributed by atoms with Gasteiger partial charge in [-0.25, -0.2) is 9.78 Å². The van der Waals surface area contributed by atoms with Crippen molar-refractivity contribution in [1.29, 1.82) is 0 Å². The van der Waals surface area contributed by atoms with Gasteiger partial charge in [-0.3, -0.25) is 9.58 Å². The fraction of sp³-hybridized carbons (Fsp3) is 0.533. The van der Waals surface area contributed by atoms with E-state index >= 15 is 0 Å². The second kappa shape index (κ2) is 6.18. The predicted octanol–water partition coefficient (Wildman–Crippen LogP) is 2.27. The van der Waals surface area contributed by atoms with E-state index in [2.05, 4.69) is 34.2 Å². The van der Waals surface area contributed by atoms with Crippen molar-refractivity contribution < 1.29 is 9.53 Å². The van der Waals surface area contributed by atoms with Crippen LogP contribution in [0.3, 0.4) is 0 Å². The molecule has 0 aliphatic carbocycles. The molecule has 7 heteroatoms. The lowest BCUT2D eigenvalue weighted by atomic mass is 10.2. The monoisotopic (exact) mass is 320 g/mol. The number of ether oxygens (including phenoxy) is 1. The number of carbonyl (C=O) groups is 1. The third-order valence-electron chi connectivity index (χ3n) is 3.79. The Labute approximate surface area is 133 Å². The van der Waals surface area contributed by atoms with Gasteiger partial charge in [-0.1, -0.05) is 13.8 Å². The Hall–Kier alpha value is -1.73. The Morgan fingerprint density at radius 2 is 2.27 bits per heavy atom. The molecule has 0 saturated carbocycles. The maximum atomic E-state index is 11.6. The third-order valence-corrected chi connectivity index (χ3v) is 4.64. The molecule has 0 bridgehead atoms. The van der Waals surface area contributed by atoms with E-state index in [1.807, 2.05) is 10.7 Å². The van der Waals surface area contributed by atoms with E-state index < -0.39 is 0 Å². The number of nitrogens with zero attached hydrogens (tertiary/aromatic N) is 4. The van der Waals surface area contributed by atoms with Gasteiger partial charge in [0, 0.05) is 18.5 Å². The number of fused-ring (bicyclic) bond motifs is 1. The van der Waals surface area contributed by atoms with Gasteiger partial charge in [0.25, 0.3) is 0 Å². The molecule has 0 N–H and O–H groups in total. The van der Waals surface area contributed by atoms with Crippen LogP contribution in [-0.2, 0) is 24.4 Å². The summed E-state index contributed by atoms with van der Waals surface area (Å²) in [7, 11) is 1.38. The lowest BCUT2D eigenvalue weighted by Gasteiger charge is -2.26. The molecule has 1 aliphatic heterocycles. The van der Waals surface area contributed by atoms with Crippen molar-refractivity contribution in [3.8, 4) is 0 Å². The van der Waals surface area contributed by atoms with Gasteiger partial charge in [0.05, 0.1) is 31.6 Å². The first-order chi connectivity index (χ1) is 10.6. The van der Waals surface area contributed by atoms with Crippen LogP contribution in [0.25, 0.3) is 0 Å². The summed E-state index contributed by atoms with van der Waals surface area (Å²) in [6.07, 6.45) is 0. The first kappa shape index (κ1) is 15.2. The molecule has 0 radical (unpaired) electrons. The molecule has 1 aliphatic rings. The van der Waals surface area contributed by atoms with Crippen LogP contribution < -0.4 is 0 Å². The van der Waals surface area contributed by atoms with Gasteiger partial charge in [-0.2, -0.15) is 5.10 Å². The molecule has 0 atom stereocenters. The average molecular weight is 320 g/mol. The van der Waals surface area contributed by atoms with Gasteiger partial charge in [0.1, 0.15) is 5.01 Å². The van der Waals surface area contributed by atoms with Crippen molar-refractivity contribution >= 4 is 17.3 Å². The number of esters is 1. The van der Waals surface area contributed by atoms with Crippen LogP contribution in [-0.4, -0.2) is 39.3 Å². The summed E-state index contributed by atoms with van der Waals surface area (Å²) in [4.78, 5) is 18.6. The standard InChI is InChI=1S/C15H20N4O2S/c1-10(2)13-9-22-14(16-13)8-18-4-5-19-11(7-18)6-12(17-19)15(20)21-3/h6,9-10H,4-5,7-8H2,1-3H3. The molecule has 0 spiro atoms. The van der Waals surface area contributed by atoms with Crippen molar-refractivity contribution in [2.75, 3.05) is 13.7 Å². The second-order valence-corrected chi connectivity index (χ2v) is 6.71. The van der Waals surface area contributed by atoms with Crippen LogP contribution in [0.1, 0.15) is 46.6 Å². The van der Waals surface area contributed by atoms with Crippen LogP contribution in [0.15, 0.2) is 11.4 Å². The molecule has 2 aromatic rings. The highest BCUT2D eigenvalue weighted by molar-refractivity contribution is 7.09. The van der Waals surface area contributed by atoms with Crippen molar-refractivity contribution in [3.05, 3.63) is 33.5 Å². The summed E-state index contributed by atoms with van der Waals surface area (Å²) < 4.78 is 6.62. The second-order valence-electron chi connectivity index (χ2n) is 5.77. The number of thiazole rings is 1. The summed E-state index contributed by atoms with van der Waals surface area (Å²) >= 11 is 1.72. The maximum absolute atomic E-state index is 11.6. The molecule has 3 rings (SSSR count). The summed E-state index contributed by atoms with van der Waals surface area (Å²) in [6.45, 7) is 7.64. The molecular weight excluding hydrogens is 300 g/mol. The van der Waals surface area contributed by atoms with E-state index in [9.17, 15) is 4.79 Å². The topological polar surface area (TPSA) is 60.3 Å². The van der Waals surface area contributed by atoms with E-state index in [4.69, 9.17) is 4.74 Å². The minimum absolute atomic E-state index is 0.380. The number of methoxy groups -OCH3 is 1. The number of rotatable bonds is 4. The fourth-order valence-corrected chi connectivity index (χ4v) is 3.51. The van der Waals surface area contributed by atoms with Crippen LogP contribution in [0.5, 0.6) is 0 Å². The summed E-state index contributed by atoms with van der Waals surface area (Å²) in [5.74, 6) is 0.0883. The van der Waals surface area contributed by atoms with E-state index in [0.29, 0.717) is 11.6 Å². The zero-order valence-electron chi connectivity index (χ0n) is 13.1. The number of hydrogen-bond donors (Lipinski definition) is 0. The molecular formula is C15H20N4O2S. The van der Waals surface area contributed by atoms with E-state index in [1.54, 1.807) is 11.3 Å². The highest BCUT2D eigenvalue weighted by Gasteiger charge is 2.22. The molecule has 0 saturated heterocycles. The Morgan fingerprint density at radius 1 is 1.45 bits per heavy atom. The largest absolute Gasteiger partial charge is 0.464 e. The van der Waals surface area contributed by atoms with Crippen molar-refractivity contribution in [2.45, 2.75) is 39.4 Å². The van der Waals surface area contributed by atoms with Gasteiger partial charge in [0.2, 0.25) is 0 Å². The number of hydrogen-bond acceptors (Lipinski definition) is 6. The first-order valence-electron chi connectivity index (χ1n) is 7.38. The van der Waals surface area contributed by atoms with Crippen molar-refractivity contribution in [2.24, 2.45) is 0 Å². The zero-order valence-corrected chi connectivity index (χ0v) is 13.9. The molecule has 0 aromatic carbocycles. The first-order valence-corrected chi connectivity index (χ1v) is 8.26. The molecule has 118 valence electrons. The van der Waals surface area contributed by atoms with E-state index in [-0.39, 0.29) is 5.97 Å². The Bertz CT molecular complexity index is 677. The normalized spacial score (nSPS) is 15.1. The molecule has 22 heavy (non-hydrogen) atoms. The molecule has 0 amide bonds.